The van der Waals surface area contributed by atoms with Gasteiger partial charge in [-0.05, 0) is 20.8 Å². The van der Waals surface area contributed by atoms with E-state index in [-0.39, 0.29) is 31.1 Å². The summed E-state index contributed by atoms with van der Waals surface area (Å²) < 4.78 is 1.88. The molecule has 0 aromatic carbocycles. The number of hydrogen-bond acceptors (Lipinski definition) is 3. The molecule has 1 unspecified atom stereocenters. The van der Waals surface area contributed by atoms with Crippen LogP contribution in [0.25, 0.3) is 0 Å². The zero-order valence-electron chi connectivity index (χ0n) is 12.1. The third kappa shape index (κ3) is 5.29. The molecule has 2 amide bonds. The van der Waals surface area contributed by atoms with E-state index in [1.807, 2.05) is 31.5 Å². The zero-order valence-corrected chi connectivity index (χ0v) is 12.1. The number of carbonyl (C=O) groups is 2. The van der Waals surface area contributed by atoms with Crippen molar-refractivity contribution in [3.63, 3.8) is 0 Å². The van der Waals surface area contributed by atoms with Crippen molar-refractivity contribution in [3.05, 3.63) is 18.7 Å². The maximum Gasteiger partial charge on any atom is 0.317 e. The van der Waals surface area contributed by atoms with Gasteiger partial charge in [0.15, 0.2) is 0 Å². The number of carboxylic acids is 1. The maximum absolute atomic E-state index is 12.1. The number of carboxylic acid groups (broad SMARTS) is 1. The van der Waals surface area contributed by atoms with Crippen molar-refractivity contribution in [3.8, 4) is 0 Å². The van der Waals surface area contributed by atoms with Gasteiger partial charge in [0.05, 0.1) is 12.7 Å². The van der Waals surface area contributed by atoms with Gasteiger partial charge in [0, 0.05) is 37.6 Å². The lowest BCUT2D eigenvalue weighted by atomic mass is 10.3. The molecule has 0 saturated heterocycles. The molecule has 20 heavy (non-hydrogen) atoms. The van der Waals surface area contributed by atoms with Crippen molar-refractivity contribution in [2.75, 3.05) is 6.54 Å². The summed E-state index contributed by atoms with van der Waals surface area (Å²) in [6.07, 6.45) is 5.14. The fourth-order valence-corrected chi connectivity index (χ4v) is 1.86. The average molecular weight is 282 g/mol. The third-order valence-corrected chi connectivity index (χ3v) is 2.86. The van der Waals surface area contributed by atoms with Gasteiger partial charge in [-0.3, -0.25) is 4.79 Å². The summed E-state index contributed by atoms with van der Waals surface area (Å²) in [5, 5.41) is 11.6. The van der Waals surface area contributed by atoms with Gasteiger partial charge >= 0.3 is 12.0 Å². The molecular weight excluding hydrogens is 260 g/mol. The van der Waals surface area contributed by atoms with Crippen LogP contribution in [0.15, 0.2) is 18.7 Å². The van der Waals surface area contributed by atoms with Gasteiger partial charge in [-0.1, -0.05) is 0 Å². The van der Waals surface area contributed by atoms with Crippen molar-refractivity contribution in [2.24, 2.45) is 0 Å². The third-order valence-electron chi connectivity index (χ3n) is 2.86. The Kier molecular flexibility index (Phi) is 6.02. The largest absolute Gasteiger partial charge is 0.481 e. The summed E-state index contributed by atoms with van der Waals surface area (Å²) in [4.78, 5) is 28.2. The molecule has 0 aliphatic carbocycles. The Balaban J connectivity index is 2.50. The minimum absolute atomic E-state index is 0.0465. The highest BCUT2D eigenvalue weighted by Crippen LogP contribution is 2.02. The lowest BCUT2D eigenvalue weighted by Crippen LogP contribution is -2.48. The van der Waals surface area contributed by atoms with Gasteiger partial charge in [0.25, 0.3) is 0 Å². The van der Waals surface area contributed by atoms with Crippen molar-refractivity contribution in [1.29, 1.82) is 0 Å². The Hall–Kier alpha value is -2.05. The molecule has 0 bridgehead atoms. The number of rotatable bonds is 7. The topological polar surface area (TPSA) is 87.5 Å². The predicted molar refractivity (Wildman–Crippen MR) is 74.3 cm³/mol. The van der Waals surface area contributed by atoms with Crippen molar-refractivity contribution in [1.82, 2.24) is 19.8 Å². The monoisotopic (exact) mass is 282 g/mol. The summed E-state index contributed by atoms with van der Waals surface area (Å²) in [6.45, 7) is 6.45. The van der Waals surface area contributed by atoms with Gasteiger partial charge in [0.1, 0.15) is 0 Å². The molecule has 7 nitrogen and oxygen atoms in total. The molecule has 1 aromatic heterocycles. The minimum Gasteiger partial charge on any atom is -0.481 e. The fourth-order valence-electron chi connectivity index (χ4n) is 1.86. The van der Waals surface area contributed by atoms with Gasteiger partial charge < -0.3 is 19.9 Å². The number of hydrogen-bond donors (Lipinski definition) is 2. The SMILES string of the molecule is CC(Cn1ccnc1)NC(=O)N(CCC(=O)O)C(C)C. The molecular formula is C13H22N4O3. The number of nitrogens with zero attached hydrogens (tertiary/aromatic N) is 3. The first-order chi connectivity index (χ1) is 9.40. The molecule has 1 aromatic rings. The summed E-state index contributed by atoms with van der Waals surface area (Å²) in [6, 6.07) is -0.355. The highest BCUT2D eigenvalue weighted by molar-refractivity contribution is 5.75. The summed E-state index contributed by atoms with van der Waals surface area (Å²) in [7, 11) is 0. The highest BCUT2D eigenvalue weighted by Gasteiger charge is 2.19. The van der Waals surface area contributed by atoms with Crippen LogP contribution in [-0.4, -0.2) is 50.2 Å². The number of aliphatic carboxylic acids is 1. The van der Waals surface area contributed by atoms with Crippen molar-refractivity contribution < 1.29 is 14.7 Å². The fraction of sp³-hybridized carbons (Fsp3) is 0.615. The van der Waals surface area contributed by atoms with Gasteiger partial charge in [-0.2, -0.15) is 0 Å². The van der Waals surface area contributed by atoms with Gasteiger partial charge in [-0.15, -0.1) is 0 Å². The molecule has 0 aliphatic heterocycles. The Morgan fingerprint density at radius 1 is 1.40 bits per heavy atom. The lowest BCUT2D eigenvalue weighted by Gasteiger charge is -2.28. The van der Waals surface area contributed by atoms with E-state index in [1.54, 1.807) is 12.5 Å². The minimum atomic E-state index is -0.907. The van der Waals surface area contributed by atoms with Crippen LogP contribution >= 0.6 is 0 Å². The Morgan fingerprint density at radius 2 is 2.10 bits per heavy atom. The summed E-state index contributed by atoms with van der Waals surface area (Å²) in [5.74, 6) is -0.907. The molecule has 0 radical (unpaired) electrons. The quantitative estimate of drug-likeness (QED) is 0.785. The normalized spacial score (nSPS) is 12.2. The van der Waals surface area contributed by atoms with Gasteiger partial charge in [0.2, 0.25) is 0 Å². The molecule has 0 spiro atoms. The Bertz CT molecular complexity index is 431. The van der Waals surface area contributed by atoms with E-state index >= 15 is 0 Å². The van der Waals surface area contributed by atoms with Crippen LogP contribution in [0.1, 0.15) is 27.2 Å². The number of amides is 2. The number of carbonyl (C=O) groups excluding carboxylic acids is 1. The second-order valence-corrected chi connectivity index (χ2v) is 5.04. The number of imidazole rings is 1. The molecule has 112 valence electrons. The number of urea groups is 1. The predicted octanol–water partition coefficient (Wildman–Crippen LogP) is 1.17. The molecule has 0 saturated carbocycles. The first-order valence-corrected chi connectivity index (χ1v) is 6.64. The molecule has 1 heterocycles. The molecule has 0 fully saturated rings. The lowest BCUT2D eigenvalue weighted by molar-refractivity contribution is -0.137. The molecule has 1 rings (SSSR count). The standard InChI is InChI=1S/C13H22N4O3/c1-10(2)17(6-4-12(18)19)13(20)15-11(3)8-16-7-5-14-9-16/h5,7,9-11H,4,6,8H2,1-3H3,(H,15,20)(H,18,19). The van der Waals surface area contributed by atoms with E-state index in [0.717, 1.165) is 0 Å². The second kappa shape index (κ2) is 7.52. The number of nitrogens with one attached hydrogen (secondary N) is 1. The van der Waals surface area contributed by atoms with E-state index in [4.69, 9.17) is 5.11 Å². The Labute approximate surface area is 118 Å². The van der Waals surface area contributed by atoms with Crippen LogP contribution < -0.4 is 5.32 Å². The zero-order chi connectivity index (χ0) is 15.1. The van der Waals surface area contributed by atoms with E-state index in [0.29, 0.717) is 6.54 Å². The van der Waals surface area contributed by atoms with Crippen molar-refractivity contribution >= 4 is 12.0 Å². The van der Waals surface area contributed by atoms with E-state index in [2.05, 4.69) is 10.3 Å². The van der Waals surface area contributed by atoms with Gasteiger partial charge in [-0.25, -0.2) is 9.78 Å². The molecule has 2 N–H and O–H groups in total. The van der Waals surface area contributed by atoms with Crippen molar-refractivity contribution in [2.45, 2.75) is 45.8 Å². The molecule has 7 heteroatoms. The molecule has 1 atom stereocenters. The second-order valence-electron chi connectivity index (χ2n) is 5.04. The summed E-state index contributed by atoms with van der Waals surface area (Å²) >= 11 is 0. The van der Waals surface area contributed by atoms with E-state index < -0.39 is 5.97 Å². The van der Waals surface area contributed by atoms with Crippen LogP contribution in [0.4, 0.5) is 4.79 Å². The maximum atomic E-state index is 12.1. The van der Waals surface area contributed by atoms with E-state index in [9.17, 15) is 9.59 Å². The van der Waals surface area contributed by atoms with Crippen LogP contribution in [0.5, 0.6) is 0 Å². The van der Waals surface area contributed by atoms with Crippen LogP contribution in [0.2, 0.25) is 0 Å². The smallest absolute Gasteiger partial charge is 0.317 e. The van der Waals surface area contributed by atoms with Crippen LogP contribution in [0.3, 0.4) is 0 Å². The van der Waals surface area contributed by atoms with Crippen LogP contribution in [-0.2, 0) is 11.3 Å². The number of aromatic nitrogens is 2. The average Bonchev–Trinajstić information content (AvgIpc) is 2.80. The highest BCUT2D eigenvalue weighted by atomic mass is 16.4. The van der Waals surface area contributed by atoms with E-state index in [1.165, 1.54) is 4.90 Å². The first-order valence-electron chi connectivity index (χ1n) is 6.64. The summed E-state index contributed by atoms with van der Waals surface area (Å²) in [5.41, 5.74) is 0. The first kappa shape index (κ1) is 16.0. The Morgan fingerprint density at radius 3 is 2.60 bits per heavy atom. The molecule has 0 aliphatic rings. The van der Waals surface area contributed by atoms with Crippen LogP contribution in [0, 0.1) is 0 Å².